The quantitative estimate of drug-likeness (QED) is 0.566. The lowest BCUT2D eigenvalue weighted by atomic mass is 10.2. The van der Waals surface area contributed by atoms with Crippen molar-refractivity contribution in [3.05, 3.63) is 18.2 Å². The molecule has 1 aliphatic rings. The van der Waals surface area contributed by atoms with Crippen LogP contribution < -0.4 is 5.32 Å². The fraction of sp³-hybridized carbons (Fsp3) is 0.571. The van der Waals surface area contributed by atoms with E-state index in [1.165, 1.54) is 5.69 Å². The van der Waals surface area contributed by atoms with Crippen LogP contribution in [0.3, 0.4) is 0 Å². The summed E-state index contributed by atoms with van der Waals surface area (Å²) in [5.41, 5.74) is 1.30. The average Bonchev–Trinajstić information content (AvgIpc) is 2.36. The molecule has 3 nitrogen and oxygen atoms in total. The van der Waals surface area contributed by atoms with Gasteiger partial charge in [0.1, 0.15) is 0 Å². The van der Waals surface area contributed by atoms with Crippen molar-refractivity contribution in [1.82, 2.24) is 14.9 Å². The molecular formula is C7H11N3. The molecule has 1 aliphatic heterocycles. The van der Waals surface area contributed by atoms with Gasteiger partial charge >= 0.3 is 0 Å². The summed E-state index contributed by atoms with van der Waals surface area (Å²) in [4.78, 5) is 4.08. The van der Waals surface area contributed by atoms with Gasteiger partial charge in [0.15, 0.2) is 0 Å². The monoisotopic (exact) mass is 137 g/mol. The molecule has 2 rings (SSSR count). The molecule has 0 amide bonds. The Labute approximate surface area is 60.1 Å². The highest BCUT2D eigenvalue weighted by Gasteiger charge is 2.13. The van der Waals surface area contributed by atoms with Crippen LogP contribution in [0.2, 0.25) is 0 Å². The number of hydrogen-bond donors (Lipinski definition) is 1. The highest BCUT2D eigenvalue weighted by atomic mass is 15.1. The van der Waals surface area contributed by atoms with E-state index < -0.39 is 0 Å². The first kappa shape index (κ1) is 5.92. The van der Waals surface area contributed by atoms with Gasteiger partial charge in [0.2, 0.25) is 0 Å². The molecule has 1 aromatic heterocycles. The van der Waals surface area contributed by atoms with Crippen molar-refractivity contribution in [2.45, 2.75) is 19.5 Å². The highest BCUT2D eigenvalue weighted by molar-refractivity contribution is 5.06. The van der Waals surface area contributed by atoms with Crippen molar-refractivity contribution in [2.24, 2.45) is 0 Å². The van der Waals surface area contributed by atoms with E-state index in [4.69, 9.17) is 0 Å². The Morgan fingerprint density at radius 2 is 2.70 bits per heavy atom. The summed E-state index contributed by atoms with van der Waals surface area (Å²) >= 11 is 0. The average molecular weight is 137 g/mol. The third-order valence-electron chi connectivity index (χ3n) is 1.99. The summed E-state index contributed by atoms with van der Waals surface area (Å²) < 4.78 is 2.20. The first-order chi connectivity index (χ1) is 4.88. The van der Waals surface area contributed by atoms with E-state index in [9.17, 15) is 0 Å². The molecule has 54 valence electrons. The molecule has 1 atom stereocenters. The second kappa shape index (κ2) is 2.09. The van der Waals surface area contributed by atoms with Crippen LogP contribution in [-0.4, -0.2) is 16.1 Å². The van der Waals surface area contributed by atoms with Crippen LogP contribution in [0, 0.1) is 0 Å². The molecular weight excluding hydrogens is 126 g/mol. The third kappa shape index (κ3) is 0.743. The van der Waals surface area contributed by atoms with Crippen LogP contribution in [0.1, 0.15) is 18.7 Å². The number of nitrogens with one attached hydrogen (secondary N) is 1. The van der Waals surface area contributed by atoms with Crippen LogP contribution in [-0.2, 0) is 6.54 Å². The SMILES string of the molecule is C[C@H]1NCCn2cncc21. The topological polar surface area (TPSA) is 29.9 Å². The lowest BCUT2D eigenvalue weighted by Gasteiger charge is -2.21. The van der Waals surface area contributed by atoms with Gasteiger partial charge in [-0.05, 0) is 6.92 Å². The van der Waals surface area contributed by atoms with Gasteiger partial charge in [0.25, 0.3) is 0 Å². The summed E-state index contributed by atoms with van der Waals surface area (Å²) in [7, 11) is 0. The predicted molar refractivity (Wildman–Crippen MR) is 38.6 cm³/mol. The molecule has 0 saturated heterocycles. The maximum absolute atomic E-state index is 4.08. The van der Waals surface area contributed by atoms with Gasteiger partial charge in [-0.2, -0.15) is 0 Å². The van der Waals surface area contributed by atoms with E-state index >= 15 is 0 Å². The zero-order valence-corrected chi connectivity index (χ0v) is 6.04. The molecule has 1 N–H and O–H groups in total. The van der Waals surface area contributed by atoms with E-state index in [1.54, 1.807) is 0 Å². The fourth-order valence-electron chi connectivity index (χ4n) is 1.38. The summed E-state index contributed by atoms with van der Waals surface area (Å²) in [6.07, 6.45) is 3.82. The first-order valence-electron chi connectivity index (χ1n) is 3.61. The van der Waals surface area contributed by atoms with Crippen molar-refractivity contribution in [1.29, 1.82) is 0 Å². The Morgan fingerprint density at radius 1 is 1.80 bits per heavy atom. The molecule has 0 fully saturated rings. The van der Waals surface area contributed by atoms with Gasteiger partial charge in [-0.25, -0.2) is 4.98 Å². The number of rotatable bonds is 0. The molecule has 1 aromatic rings. The molecule has 0 aliphatic carbocycles. The Kier molecular flexibility index (Phi) is 1.24. The van der Waals surface area contributed by atoms with Gasteiger partial charge < -0.3 is 9.88 Å². The molecule has 0 aromatic carbocycles. The lowest BCUT2D eigenvalue weighted by molar-refractivity contribution is 0.448. The Morgan fingerprint density at radius 3 is 3.50 bits per heavy atom. The summed E-state index contributed by atoms with van der Waals surface area (Å²) in [6, 6.07) is 0.469. The van der Waals surface area contributed by atoms with Crippen molar-refractivity contribution in [2.75, 3.05) is 6.54 Å². The normalized spacial score (nSPS) is 24.3. The molecule has 10 heavy (non-hydrogen) atoms. The highest BCUT2D eigenvalue weighted by Crippen LogP contribution is 2.14. The second-order valence-electron chi connectivity index (χ2n) is 2.69. The molecule has 3 heteroatoms. The van der Waals surface area contributed by atoms with Crippen LogP contribution in [0.25, 0.3) is 0 Å². The van der Waals surface area contributed by atoms with E-state index in [0.717, 1.165) is 13.1 Å². The Balaban J connectivity index is 2.41. The van der Waals surface area contributed by atoms with Crippen molar-refractivity contribution in [3.63, 3.8) is 0 Å². The zero-order chi connectivity index (χ0) is 6.97. The van der Waals surface area contributed by atoms with E-state index in [0.29, 0.717) is 6.04 Å². The molecule has 0 spiro atoms. The van der Waals surface area contributed by atoms with E-state index in [1.807, 2.05) is 12.5 Å². The van der Waals surface area contributed by atoms with Gasteiger partial charge in [-0.1, -0.05) is 0 Å². The van der Waals surface area contributed by atoms with Crippen LogP contribution in [0.5, 0.6) is 0 Å². The number of nitrogens with zero attached hydrogens (tertiary/aromatic N) is 2. The Bertz CT molecular complexity index is 229. The summed E-state index contributed by atoms with van der Waals surface area (Å²) in [6.45, 7) is 4.27. The third-order valence-corrected chi connectivity index (χ3v) is 1.99. The van der Waals surface area contributed by atoms with Crippen LogP contribution in [0.4, 0.5) is 0 Å². The van der Waals surface area contributed by atoms with Gasteiger partial charge in [-0.15, -0.1) is 0 Å². The molecule has 0 unspecified atom stereocenters. The summed E-state index contributed by atoms with van der Waals surface area (Å²) in [5.74, 6) is 0. The molecule has 0 saturated carbocycles. The van der Waals surface area contributed by atoms with Crippen LogP contribution in [0.15, 0.2) is 12.5 Å². The first-order valence-corrected chi connectivity index (χ1v) is 3.61. The molecule has 2 heterocycles. The van der Waals surface area contributed by atoms with Gasteiger partial charge in [-0.3, -0.25) is 0 Å². The molecule has 0 radical (unpaired) electrons. The Hall–Kier alpha value is -0.830. The smallest absolute Gasteiger partial charge is 0.0949 e. The van der Waals surface area contributed by atoms with E-state index in [-0.39, 0.29) is 0 Å². The molecule has 0 bridgehead atoms. The fourth-order valence-corrected chi connectivity index (χ4v) is 1.38. The van der Waals surface area contributed by atoms with Gasteiger partial charge in [0.05, 0.1) is 12.0 Å². The number of fused-ring (bicyclic) bond motifs is 1. The zero-order valence-electron chi connectivity index (χ0n) is 6.04. The van der Waals surface area contributed by atoms with Crippen molar-refractivity contribution in [3.8, 4) is 0 Å². The number of hydrogen-bond acceptors (Lipinski definition) is 2. The van der Waals surface area contributed by atoms with Crippen molar-refractivity contribution >= 4 is 0 Å². The predicted octanol–water partition coefficient (Wildman–Crippen LogP) is 0.547. The standard InChI is InChI=1S/C7H11N3/c1-6-7-4-8-5-10(7)3-2-9-6/h4-6,9H,2-3H2,1H3/t6-/m1/s1. The van der Waals surface area contributed by atoms with Gasteiger partial charge in [0, 0.05) is 25.3 Å². The van der Waals surface area contributed by atoms with Crippen LogP contribution >= 0.6 is 0 Å². The van der Waals surface area contributed by atoms with E-state index in [2.05, 4.69) is 21.8 Å². The minimum Gasteiger partial charge on any atom is -0.332 e. The number of imidazole rings is 1. The lowest BCUT2D eigenvalue weighted by Crippen LogP contribution is -2.30. The second-order valence-corrected chi connectivity index (χ2v) is 2.69. The minimum atomic E-state index is 0.469. The largest absolute Gasteiger partial charge is 0.332 e. The number of aromatic nitrogens is 2. The summed E-state index contributed by atoms with van der Waals surface area (Å²) in [5, 5.41) is 3.36. The maximum atomic E-state index is 4.08. The van der Waals surface area contributed by atoms with Crippen molar-refractivity contribution < 1.29 is 0 Å². The maximum Gasteiger partial charge on any atom is 0.0949 e. The minimum absolute atomic E-state index is 0.469.